The highest BCUT2D eigenvalue weighted by Gasteiger charge is 2.20. The second-order valence-electron chi connectivity index (χ2n) is 6.11. The van der Waals surface area contributed by atoms with E-state index in [0.29, 0.717) is 36.1 Å². The fraction of sp³-hybridized carbons (Fsp3) is 0.529. The second-order valence-corrected chi connectivity index (χ2v) is 6.52. The number of nitrogens with zero attached hydrogens (tertiary/aromatic N) is 2. The molecular weight excluding hydrogens is 472 g/mol. The minimum Gasteiger partial charge on any atom is -0.369 e. The lowest BCUT2D eigenvalue weighted by molar-refractivity contribution is -0.119. The Morgan fingerprint density at radius 2 is 2.12 bits per heavy atom. The zero-order valence-corrected chi connectivity index (χ0v) is 17.9. The van der Waals surface area contributed by atoms with Gasteiger partial charge >= 0.3 is 0 Å². The van der Waals surface area contributed by atoms with Gasteiger partial charge in [0.25, 0.3) is 0 Å². The maximum Gasteiger partial charge on any atom is 0.231 e. The maximum atomic E-state index is 13.8. The van der Waals surface area contributed by atoms with E-state index >= 15 is 0 Å². The zero-order chi connectivity index (χ0) is 18.2. The molecule has 0 spiro atoms. The lowest BCUT2D eigenvalue weighted by Crippen LogP contribution is -2.50. The van der Waals surface area contributed by atoms with Crippen LogP contribution in [0.3, 0.4) is 0 Å². The van der Waals surface area contributed by atoms with Crippen LogP contribution in [-0.2, 0) is 11.2 Å². The van der Waals surface area contributed by atoms with Crippen LogP contribution in [-0.4, -0.2) is 56.0 Å². The van der Waals surface area contributed by atoms with Crippen molar-refractivity contribution in [3.63, 3.8) is 0 Å². The summed E-state index contributed by atoms with van der Waals surface area (Å²) in [6.07, 6.45) is 2.30. The highest BCUT2D eigenvalue weighted by molar-refractivity contribution is 14.0. The van der Waals surface area contributed by atoms with E-state index in [1.165, 1.54) is 6.07 Å². The van der Waals surface area contributed by atoms with Crippen molar-refractivity contribution in [1.82, 2.24) is 15.5 Å². The summed E-state index contributed by atoms with van der Waals surface area (Å²) in [5.41, 5.74) is 5.73. The van der Waals surface area contributed by atoms with Crippen LogP contribution < -0.4 is 16.4 Å². The number of guanidine groups is 1. The van der Waals surface area contributed by atoms with Crippen molar-refractivity contribution in [2.24, 2.45) is 10.7 Å². The molecule has 1 amide bonds. The van der Waals surface area contributed by atoms with Gasteiger partial charge in [-0.15, -0.1) is 24.0 Å². The van der Waals surface area contributed by atoms with Crippen LogP contribution in [0.5, 0.6) is 0 Å². The first-order chi connectivity index (χ1) is 12.0. The fourth-order valence-corrected chi connectivity index (χ4v) is 3.18. The minimum absolute atomic E-state index is 0. The number of primary amides is 1. The Kier molecular flexibility index (Phi) is 10.2. The lowest BCUT2D eigenvalue weighted by Gasteiger charge is -2.32. The molecule has 0 saturated carbocycles. The van der Waals surface area contributed by atoms with Gasteiger partial charge in [0.1, 0.15) is 5.82 Å². The smallest absolute Gasteiger partial charge is 0.231 e. The normalized spacial score (nSPS) is 16.0. The molecule has 1 heterocycles. The molecule has 6 nitrogen and oxygen atoms in total. The van der Waals surface area contributed by atoms with E-state index in [-0.39, 0.29) is 41.7 Å². The average Bonchev–Trinajstić information content (AvgIpc) is 2.57. The van der Waals surface area contributed by atoms with Crippen molar-refractivity contribution in [2.75, 3.05) is 33.2 Å². The number of likely N-dealkylation sites (tertiary alicyclic amines) is 1. The van der Waals surface area contributed by atoms with Crippen LogP contribution in [0.4, 0.5) is 4.39 Å². The number of rotatable bonds is 6. The molecule has 4 N–H and O–H groups in total. The molecule has 1 aromatic carbocycles. The number of piperidine rings is 1. The largest absolute Gasteiger partial charge is 0.369 e. The van der Waals surface area contributed by atoms with E-state index in [1.54, 1.807) is 19.2 Å². The summed E-state index contributed by atoms with van der Waals surface area (Å²) in [5, 5.41) is 6.99. The standard InChI is InChI=1S/C17H25ClFN5O.HI/c1-21-17(22-8-5-13-14(18)3-2-4-15(13)19)23-12-6-9-24(10-7-12)11-16(20)25;/h2-4,12H,5-11H2,1H3,(H2,20,25)(H2,21,22,23);1H. The molecule has 0 bridgehead atoms. The molecule has 0 aromatic heterocycles. The molecule has 0 unspecified atom stereocenters. The molecule has 1 fully saturated rings. The summed E-state index contributed by atoms with van der Waals surface area (Å²) in [6, 6.07) is 4.98. The number of carbonyl (C=O) groups excluding carboxylic acids is 1. The van der Waals surface area contributed by atoms with Crippen LogP contribution in [0.15, 0.2) is 23.2 Å². The molecule has 26 heavy (non-hydrogen) atoms. The van der Waals surface area contributed by atoms with Crippen LogP contribution in [0.1, 0.15) is 18.4 Å². The molecule has 0 atom stereocenters. The summed E-state index contributed by atoms with van der Waals surface area (Å²) >= 11 is 6.03. The molecule has 9 heteroatoms. The van der Waals surface area contributed by atoms with Gasteiger partial charge in [0.2, 0.25) is 5.91 Å². The minimum atomic E-state index is -0.296. The molecule has 0 aliphatic carbocycles. The number of aliphatic imine (C=N–C) groups is 1. The first-order valence-electron chi connectivity index (χ1n) is 8.40. The number of hydrogen-bond acceptors (Lipinski definition) is 3. The van der Waals surface area contributed by atoms with Crippen LogP contribution in [0.2, 0.25) is 5.02 Å². The van der Waals surface area contributed by atoms with Crippen molar-refractivity contribution in [2.45, 2.75) is 25.3 Å². The number of carbonyl (C=O) groups is 1. The fourth-order valence-electron chi connectivity index (χ4n) is 2.92. The third kappa shape index (κ3) is 7.24. The SMILES string of the molecule is CN=C(NCCc1c(F)cccc1Cl)NC1CCN(CC(N)=O)CC1.I. The second kappa shape index (κ2) is 11.6. The molecule has 1 aliphatic rings. The van der Waals surface area contributed by atoms with E-state index in [1.807, 2.05) is 0 Å². The van der Waals surface area contributed by atoms with Gasteiger partial charge in [0.05, 0.1) is 6.54 Å². The van der Waals surface area contributed by atoms with Crippen molar-refractivity contribution in [3.8, 4) is 0 Å². The summed E-state index contributed by atoms with van der Waals surface area (Å²) in [6.45, 7) is 2.48. The molecule has 1 saturated heterocycles. The highest BCUT2D eigenvalue weighted by atomic mass is 127. The first kappa shape index (κ1) is 22.9. The molecular formula is C17H26ClFIN5O. The monoisotopic (exact) mass is 497 g/mol. The Balaban J connectivity index is 0.00000338. The van der Waals surface area contributed by atoms with E-state index < -0.39 is 0 Å². The quantitative estimate of drug-likeness (QED) is 0.318. The summed E-state index contributed by atoms with van der Waals surface area (Å²) in [5.74, 6) is 0.0931. The lowest BCUT2D eigenvalue weighted by atomic mass is 10.1. The third-order valence-corrected chi connectivity index (χ3v) is 4.61. The van der Waals surface area contributed by atoms with Gasteiger partial charge in [-0.2, -0.15) is 0 Å². The predicted octanol–water partition coefficient (Wildman–Crippen LogP) is 1.75. The van der Waals surface area contributed by atoms with Gasteiger partial charge in [-0.25, -0.2) is 4.39 Å². The van der Waals surface area contributed by atoms with E-state index in [0.717, 1.165) is 25.9 Å². The van der Waals surface area contributed by atoms with Gasteiger partial charge in [-0.1, -0.05) is 17.7 Å². The maximum absolute atomic E-state index is 13.8. The van der Waals surface area contributed by atoms with Crippen LogP contribution >= 0.6 is 35.6 Å². The Morgan fingerprint density at radius 1 is 1.42 bits per heavy atom. The number of amides is 1. The van der Waals surface area contributed by atoms with Crippen molar-refractivity contribution in [3.05, 3.63) is 34.6 Å². The number of nitrogens with two attached hydrogens (primary N) is 1. The van der Waals surface area contributed by atoms with Gasteiger partial charge in [0.15, 0.2) is 5.96 Å². The molecule has 1 aromatic rings. The van der Waals surface area contributed by atoms with Crippen molar-refractivity contribution in [1.29, 1.82) is 0 Å². The predicted molar refractivity (Wildman–Crippen MR) is 114 cm³/mol. The van der Waals surface area contributed by atoms with E-state index in [2.05, 4.69) is 20.5 Å². The van der Waals surface area contributed by atoms with Gasteiger partial charge in [-0.05, 0) is 31.4 Å². The number of benzene rings is 1. The Bertz CT molecular complexity index is 603. The zero-order valence-electron chi connectivity index (χ0n) is 14.8. The van der Waals surface area contributed by atoms with Crippen LogP contribution in [0, 0.1) is 5.82 Å². The Hall–Kier alpha value is -1.13. The van der Waals surface area contributed by atoms with E-state index in [9.17, 15) is 9.18 Å². The van der Waals surface area contributed by atoms with Crippen LogP contribution in [0.25, 0.3) is 0 Å². The summed E-state index contributed by atoms with van der Waals surface area (Å²) < 4.78 is 13.8. The molecule has 146 valence electrons. The molecule has 1 aliphatic heterocycles. The molecule has 0 radical (unpaired) electrons. The van der Waals surface area contributed by atoms with Gasteiger partial charge < -0.3 is 16.4 Å². The number of halogens is 3. The summed E-state index contributed by atoms with van der Waals surface area (Å²) in [7, 11) is 1.70. The highest BCUT2D eigenvalue weighted by Crippen LogP contribution is 2.19. The summed E-state index contributed by atoms with van der Waals surface area (Å²) in [4.78, 5) is 17.2. The third-order valence-electron chi connectivity index (χ3n) is 4.26. The number of hydrogen-bond donors (Lipinski definition) is 3. The first-order valence-corrected chi connectivity index (χ1v) is 8.78. The van der Waals surface area contributed by atoms with E-state index in [4.69, 9.17) is 17.3 Å². The van der Waals surface area contributed by atoms with Gasteiger partial charge in [-0.3, -0.25) is 14.7 Å². The van der Waals surface area contributed by atoms with Crippen molar-refractivity contribution < 1.29 is 9.18 Å². The number of nitrogens with one attached hydrogen (secondary N) is 2. The topological polar surface area (TPSA) is 82.8 Å². The van der Waals surface area contributed by atoms with Crippen molar-refractivity contribution >= 4 is 47.4 Å². The Morgan fingerprint density at radius 3 is 2.69 bits per heavy atom. The molecule has 2 rings (SSSR count). The van der Waals surface area contributed by atoms with Gasteiger partial charge in [0, 0.05) is 43.3 Å². The average molecular weight is 498 g/mol. The Labute approximate surface area is 175 Å².